The van der Waals surface area contributed by atoms with Gasteiger partial charge in [0.1, 0.15) is 5.84 Å². The number of aliphatic imine (C=N–C) groups is 1. The number of benzene rings is 9. The lowest BCUT2D eigenvalue weighted by Gasteiger charge is -2.34. The number of allylic oxidation sites excluding steroid dienone is 1. The molecule has 9 aromatic carbocycles. The van der Waals surface area contributed by atoms with Crippen molar-refractivity contribution < 1.29 is 0 Å². The third kappa shape index (κ3) is 7.10. The fourth-order valence-corrected chi connectivity index (χ4v) is 10.9. The number of aryl methyl sites for hydroxylation is 1. The summed E-state index contributed by atoms with van der Waals surface area (Å²) in [7, 11) is 0. The van der Waals surface area contributed by atoms with Gasteiger partial charge in [0, 0.05) is 49.8 Å². The second-order valence-electron chi connectivity index (χ2n) is 17.7. The number of hydrogen-bond acceptors (Lipinski definition) is 1. The topological polar surface area (TPSA) is 72.1 Å². The monoisotopic (exact) mass is 901 g/mol. The smallest absolute Gasteiger partial charge is 0.154 e. The zero-order valence-corrected chi connectivity index (χ0v) is 39.2. The molecule has 0 unspecified atom stereocenters. The molecule has 5 heteroatoms. The first-order valence-electron chi connectivity index (χ1n) is 23.7. The number of amidine groups is 2. The highest BCUT2D eigenvalue weighted by Crippen LogP contribution is 2.59. The van der Waals surface area contributed by atoms with Gasteiger partial charge in [0.05, 0.1) is 27.7 Å². The van der Waals surface area contributed by atoms with Gasteiger partial charge in [-0.05, 0) is 89.7 Å². The van der Waals surface area contributed by atoms with Gasteiger partial charge in [0.15, 0.2) is 5.84 Å². The van der Waals surface area contributed by atoms with E-state index < -0.39 is 5.41 Å². The SMILES string of the molecule is C=Cc1c(/C=C\C)c2cc(-n3c4ccccc4c4c(C)cc5c(c43)-c3ccccc3C5(c3ccccc3)c3ccccc3)ccc2n1-c1ccccc1.N=C(N=C(N)c1ccccc1)c1ccccc1. The molecule has 0 saturated heterocycles. The number of nitrogens with zero attached hydrogens (tertiary/aromatic N) is 3. The fourth-order valence-electron chi connectivity index (χ4n) is 10.9. The van der Waals surface area contributed by atoms with Crippen LogP contribution in [0, 0.1) is 12.3 Å². The van der Waals surface area contributed by atoms with Crippen LogP contribution in [0.25, 0.3) is 67.4 Å². The largest absolute Gasteiger partial charge is 0.383 e. The number of nitrogens with one attached hydrogen (secondary N) is 1. The molecular weight excluding hydrogens is 851 g/mol. The average molecular weight is 902 g/mol. The van der Waals surface area contributed by atoms with E-state index in [1.165, 1.54) is 71.7 Å². The Labute approximate surface area is 409 Å². The number of aromatic nitrogens is 2. The lowest BCUT2D eigenvalue weighted by atomic mass is 9.67. The van der Waals surface area contributed by atoms with Crippen LogP contribution < -0.4 is 5.73 Å². The van der Waals surface area contributed by atoms with Crippen LogP contribution in [0.15, 0.2) is 242 Å². The highest BCUT2D eigenvalue weighted by Gasteiger charge is 2.47. The van der Waals surface area contributed by atoms with Crippen molar-refractivity contribution in [3.63, 3.8) is 0 Å². The minimum absolute atomic E-state index is 0.173. The minimum atomic E-state index is -0.483. The lowest BCUT2D eigenvalue weighted by molar-refractivity contribution is 0.768. The molecule has 0 fully saturated rings. The molecule has 0 bridgehead atoms. The molecule has 0 aliphatic heterocycles. The Bertz CT molecular complexity index is 3770. The standard InChI is InChI=1S/C51H38N2.C14H13N3/c1-4-19-39-42-33-38(30-31-47(42)52(45(39)5-2)37-24-13-8-14-25-37)53-46-29-18-16-27-41(46)48-34(3)32-44-49(50(48)53)40-26-15-17-28-43(40)51(44,35-20-9-6-10-21-35)36-22-11-7-12-23-36;15-13(11-7-3-1-4-8-11)17-14(16)12-9-5-2-6-10-12/h4-33H,2H2,1,3H3;1-10H,(H3,15,16,17)/b19-4-;. The molecule has 0 amide bonds. The average Bonchev–Trinajstić information content (AvgIpc) is 4.04. The predicted octanol–water partition coefficient (Wildman–Crippen LogP) is 15.5. The Kier molecular flexibility index (Phi) is 11.3. The summed E-state index contributed by atoms with van der Waals surface area (Å²) in [5, 5.41) is 11.6. The molecule has 70 heavy (non-hydrogen) atoms. The van der Waals surface area contributed by atoms with Crippen molar-refractivity contribution in [2.75, 3.05) is 0 Å². The lowest BCUT2D eigenvalue weighted by Crippen LogP contribution is -2.28. The van der Waals surface area contributed by atoms with E-state index in [0.717, 1.165) is 33.7 Å². The Hall–Kier alpha value is -9.06. The maximum absolute atomic E-state index is 7.84. The van der Waals surface area contributed by atoms with Gasteiger partial charge in [-0.25, -0.2) is 4.99 Å². The first-order chi connectivity index (χ1) is 34.4. The van der Waals surface area contributed by atoms with Crippen LogP contribution in [-0.4, -0.2) is 20.8 Å². The molecular formula is C65H51N5. The molecule has 1 aliphatic rings. The molecule has 0 radical (unpaired) electrons. The van der Waals surface area contributed by atoms with Gasteiger partial charge in [-0.2, -0.15) is 0 Å². The third-order valence-corrected chi connectivity index (χ3v) is 13.7. The zero-order valence-electron chi connectivity index (χ0n) is 39.2. The van der Waals surface area contributed by atoms with Crippen molar-refractivity contribution in [3.8, 4) is 22.5 Å². The van der Waals surface area contributed by atoms with E-state index in [-0.39, 0.29) is 5.84 Å². The van der Waals surface area contributed by atoms with Crippen LogP contribution in [0.1, 0.15) is 57.1 Å². The first kappa shape index (κ1) is 43.5. The first-order valence-corrected chi connectivity index (χ1v) is 23.7. The van der Waals surface area contributed by atoms with Crippen LogP contribution in [0.4, 0.5) is 0 Å². The Morgan fingerprint density at radius 2 is 1.13 bits per heavy atom. The van der Waals surface area contributed by atoms with Gasteiger partial charge in [-0.1, -0.05) is 207 Å². The minimum Gasteiger partial charge on any atom is -0.383 e. The van der Waals surface area contributed by atoms with Gasteiger partial charge in [0.25, 0.3) is 0 Å². The van der Waals surface area contributed by atoms with Gasteiger partial charge >= 0.3 is 0 Å². The Balaban J connectivity index is 0.000000266. The van der Waals surface area contributed by atoms with E-state index in [4.69, 9.17) is 11.1 Å². The molecule has 0 saturated carbocycles. The van der Waals surface area contributed by atoms with Crippen LogP contribution >= 0.6 is 0 Å². The van der Waals surface area contributed by atoms with Gasteiger partial charge < -0.3 is 14.9 Å². The highest BCUT2D eigenvalue weighted by atomic mass is 15.0. The summed E-state index contributed by atoms with van der Waals surface area (Å²) in [6, 6.07) is 79.0. The van der Waals surface area contributed by atoms with E-state index in [1.54, 1.807) is 0 Å². The molecule has 12 rings (SSSR count). The molecule has 336 valence electrons. The third-order valence-electron chi connectivity index (χ3n) is 13.7. The highest BCUT2D eigenvalue weighted by molar-refractivity contribution is 6.18. The maximum Gasteiger partial charge on any atom is 0.154 e. The number of fused-ring (bicyclic) bond motifs is 8. The van der Waals surface area contributed by atoms with Gasteiger partial charge in [-0.3, -0.25) is 5.41 Å². The van der Waals surface area contributed by atoms with Gasteiger partial charge in [-0.15, -0.1) is 0 Å². The van der Waals surface area contributed by atoms with Crippen LogP contribution in [0.3, 0.4) is 0 Å². The Morgan fingerprint density at radius 3 is 1.77 bits per heavy atom. The summed E-state index contributed by atoms with van der Waals surface area (Å²) in [5.41, 5.74) is 24.1. The molecule has 0 spiro atoms. The predicted molar refractivity (Wildman–Crippen MR) is 295 cm³/mol. The quantitative estimate of drug-likeness (QED) is 0.116. The van der Waals surface area contributed by atoms with Crippen molar-refractivity contribution >= 4 is 56.5 Å². The normalized spacial score (nSPS) is 12.7. The molecule has 0 atom stereocenters. The summed E-state index contributed by atoms with van der Waals surface area (Å²) in [6.45, 7) is 8.67. The summed E-state index contributed by atoms with van der Waals surface area (Å²) in [5.74, 6) is 0.534. The zero-order chi connectivity index (χ0) is 47.8. The maximum atomic E-state index is 7.84. The molecule has 2 aromatic heterocycles. The molecule has 11 aromatic rings. The summed E-state index contributed by atoms with van der Waals surface area (Å²) < 4.78 is 4.87. The molecule has 1 aliphatic carbocycles. The number of hydrogen-bond donors (Lipinski definition) is 2. The number of nitrogens with two attached hydrogens (primary N) is 1. The van der Waals surface area contributed by atoms with E-state index in [0.29, 0.717) is 5.84 Å². The van der Waals surface area contributed by atoms with E-state index in [9.17, 15) is 0 Å². The van der Waals surface area contributed by atoms with Crippen molar-refractivity contribution in [3.05, 3.63) is 287 Å². The van der Waals surface area contributed by atoms with Crippen LogP contribution in [0.5, 0.6) is 0 Å². The van der Waals surface area contributed by atoms with E-state index in [1.807, 2.05) is 66.7 Å². The number of para-hydroxylation sites is 2. The molecule has 3 N–H and O–H groups in total. The molecule has 2 heterocycles. The van der Waals surface area contributed by atoms with E-state index >= 15 is 0 Å². The van der Waals surface area contributed by atoms with Crippen molar-refractivity contribution in [2.24, 2.45) is 10.7 Å². The van der Waals surface area contributed by atoms with Crippen molar-refractivity contribution in [1.82, 2.24) is 9.13 Å². The number of rotatable bonds is 8. The second-order valence-corrected chi connectivity index (χ2v) is 17.7. The second kappa shape index (κ2) is 18.2. The van der Waals surface area contributed by atoms with E-state index in [2.05, 4.69) is 210 Å². The molecule has 5 nitrogen and oxygen atoms in total. The summed E-state index contributed by atoms with van der Waals surface area (Å²) in [4.78, 5) is 4.10. The van der Waals surface area contributed by atoms with Crippen molar-refractivity contribution in [2.45, 2.75) is 19.3 Å². The van der Waals surface area contributed by atoms with Crippen LogP contribution in [-0.2, 0) is 5.41 Å². The Morgan fingerprint density at radius 1 is 0.571 bits per heavy atom. The van der Waals surface area contributed by atoms with Crippen molar-refractivity contribution in [1.29, 1.82) is 5.41 Å². The fraction of sp³-hybridized carbons (Fsp3) is 0.0462. The van der Waals surface area contributed by atoms with Crippen LogP contribution in [0.2, 0.25) is 0 Å². The summed E-state index contributed by atoms with van der Waals surface area (Å²) in [6.07, 6.45) is 6.34. The van der Waals surface area contributed by atoms with Gasteiger partial charge in [0.2, 0.25) is 0 Å². The summed E-state index contributed by atoms with van der Waals surface area (Å²) >= 11 is 0.